The van der Waals surface area contributed by atoms with E-state index in [2.05, 4.69) is 142 Å². The fourth-order valence-electron chi connectivity index (χ4n) is 9.91. The maximum Gasteiger partial charge on any atom is 0.190 e. The first-order valence-electron chi connectivity index (χ1n) is 25.0. The third-order valence-corrected chi connectivity index (χ3v) is 13.7. The summed E-state index contributed by atoms with van der Waals surface area (Å²) in [6.07, 6.45) is 3.05. The minimum absolute atomic E-state index is 0.102. The van der Waals surface area contributed by atoms with Crippen LogP contribution in [0.25, 0.3) is 22.3 Å². The van der Waals surface area contributed by atoms with Crippen molar-refractivity contribution >= 4 is 51.3 Å². The van der Waals surface area contributed by atoms with E-state index in [-0.39, 0.29) is 30.3 Å². The molecule has 0 saturated carbocycles. The van der Waals surface area contributed by atoms with Gasteiger partial charge in [0.05, 0.1) is 6.61 Å². The second kappa shape index (κ2) is 24.4. The number of rotatable bonds is 19. The van der Waals surface area contributed by atoms with Gasteiger partial charge in [-0.1, -0.05) is 109 Å². The average molecular weight is 952 g/mol. The van der Waals surface area contributed by atoms with Gasteiger partial charge in [-0.3, -0.25) is 15.7 Å². The molecule has 0 bridgehead atoms. The van der Waals surface area contributed by atoms with Crippen LogP contribution in [0.5, 0.6) is 5.75 Å². The minimum atomic E-state index is -0.102. The standard InChI is InChI=1S/C59H69N9O3/c1-43(65-32-34-66(35-33-65)51-26-18-47(19-27-51)56(46-16-24-50(25-17-46)64-58(60)61)54(14-8-40-69)44-10-4-2-5-11-44)42-71-41-9-15-55(45-12-6-3-7-13-45)57(49-22-30-53(70)31-23-49)48-20-28-52(29-21-48)67-36-38-68(39-37-67)59(62)63/h2-7,10-13,16-31,43,69-70H,8-9,14-15,32-42H2,1H3,(H3,62,63)(H4,60,61,64)/b56-54-,57-55+. The van der Waals surface area contributed by atoms with Crippen LogP contribution >= 0.6 is 0 Å². The molecule has 1 unspecified atom stereocenters. The zero-order valence-corrected chi connectivity index (χ0v) is 40.9. The number of nitrogens with one attached hydrogen (secondary N) is 3. The fourth-order valence-corrected chi connectivity index (χ4v) is 9.91. The predicted molar refractivity (Wildman–Crippen MR) is 293 cm³/mol. The highest BCUT2D eigenvalue weighted by Crippen LogP contribution is 2.38. The number of nitrogens with two attached hydrogens (primary N) is 2. The number of anilines is 3. The summed E-state index contributed by atoms with van der Waals surface area (Å²) in [5, 5.41) is 38.6. The summed E-state index contributed by atoms with van der Waals surface area (Å²) < 4.78 is 6.45. The number of aliphatic hydroxyl groups excluding tert-OH is 1. The molecule has 0 aromatic heterocycles. The summed E-state index contributed by atoms with van der Waals surface area (Å²) in [5.41, 5.74) is 25.8. The van der Waals surface area contributed by atoms with E-state index in [9.17, 15) is 10.2 Å². The summed E-state index contributed by atoms with van der Waals surface area (Å²) in [6, 6.07) is 54.6. The molecule has 6 aromatic rings. The van der Waals surface area contributed by atoms with E-state index in [1.165, 1.54) is 22.4 Å². The Bertz CT molecular complexity index is 2710. The number of guanidine groups is 2. The Labute approximate surface area is 419 Å². The van der Waals surface area contributed by atoms with Crippen LogP contribution < -0.4 is 26.6 Å². The summed E-state index contributed by atoms with van der Waals surface area (Å²) in [6.45, 7) is 10.5. The Morgan fingerprint density at radius 2 is 1.00 bits per heavy atom. The highest BCUT2D eigenvalue weighted by atomic mass is 16.5. The molecular formula is C59H69N9O3. The Kier molecular flexibility index (Phi) is 17.2. The molecule has 12 heteroatoms. The first kappa shape index (κ1) is 50.0. The van der Waals surface area contributed by atoms with Gasteiger partial charge in [0.15, 0.2) is 11.9 Å². The maximum atomic E-state index is 10.3. The van der Waals surface area contributed by atoms with Gasteiger partial charge in [-0.2, -0.15) is 0 Å². The topological polar surface area (TPSA) is 174 Å². The molecule has 9 N–H and O–H groups in total. The largest absolute Gasteiger partial charge is 0.508 e. The Hall–Kier alpha value is -7.38. The lowest BCUT2D eigenvalue weighted by molar-refractivity contribution is 0.0630. The number of ether oxygens (including phenoxy) is 1. The zero-order valence-electron chi connectivity index (χ0n) is 40.9. The molecule has 2 aliphatic heterocycles. The van der Waals surface area contributed by atoms with Crippen LogP contribution in [-0.4, -0.2) is 110 Å². The van der Waals surface area contributed by atoms with E-state index in [1.54, 1.807) is 12.1 Å². The SMILES string of the molecule is CC(COCCC/C(=C(\c1ccc(O)cc1)c1ccc(N2CCN(C(=N)N)CC2)cc1)c1ccccc1)N1CCN(c2ccc(/C(=C(/CCCO)c3ccccc3)c3ccc(NC(=N)N)cc3)cc2)CC1. The van der Waals surface area contributed by atoms with Gasteiger partial charge in [-0.15, -0.1) is 0 Å². The lowest BCUT2D eigenvalue weighted by atomic mass is 9.87. The number of phenolic OH excluding ortho intramolecular Hbond substituents is 1. The van der Waals surface area contributed by atoms with Crippen LogP contribution in [-0.2, 0) is 4.74 Å². The van der Waals surface area contributed by atoms with E-state index in [0.29, 0.717) is 19.6 Å². The van der Waals surface area contributed by atoms with E-state index >= 15 is 0 Å². The Morgan fingerprint density at radius 3 is 1.45 bits per heavy atom. The Morgan fingerprint density at radius 1 is 0.563 bits per heavy atom. The summed E-state index contributed by atoms with van der Waals surface area (Å²) in [5.74, 6) is 0.267. The monoisotopic (exact) mass is 952 g/mol. The summed E-state index contributed by atoms with van der Waals surface area (Å²) in [7, 11) is 0. The molecule has 0 radical (unpaired) electrons. The highest BCUT2D eigenvalue weighted by Gasteiger charge is 2.23. The molecule has 0 amide bonds. The first-order chi connectivity index (χ1) is 34.6. The number of aromatic hydroxyl groups is 1. The molecule has 8 rings (SSSR count). The van der Waals surface area contributed by atoms with E-state index in [4.69, 9.17) is 27.0 Å². The van der Waals surface area contributed by atoms with Gasteiger partial charge in [0.2, 0.25) is 0 Å². The van der Waals surface area contributed by atoms with Gasteiger partial charge in [-0.25, -0.2) is 0 Å². The van der Waals surface area contributed by atoms with Crippen molar-refractivity contribution in [3.8, 4) is 5.75 Å². The highest BCUT2D eigenvalue weighted by molar-refractivity contribution is 6.00. The van der Waals surface area contributed by atoms with Crippen LogP contribution in [0.15, 0.2) is 158 Å². The average Bonchev–Trinajstić information content (AvgIpc) is 3.41. The van der Waals surface area contributed by atoms with Gasteiger partial charge < -0.3 is 46.4 Å². The van der Waals surface area contributed by atoms with Gasteiger partial charge in [-0.05, 0) is 137 Å². The van der Waals surface area contributed by atoms with Crippen LogP contribution in [0.3, 0.4) is 0 Å². The lowest BCUT2D eigenvalue weighted by Gasteiger charge is -2.39. The van der Waals surface area contributed by atoms with Crippen LogP contribution in [0, 0.1) is 10.8 Å². The number of aliphatic hydroxyl groups is 1. The van der Waals surface area contributed by atoms with Gasteiger partial charge >= 0.3 is 0 Å². The predicted octanol–water partition coefficient (Wildman–Crippen LogP) is 9.41. The smallest absolute Gasteiger partial charge is 0.190 e. The molecule has 0 spiro atoms. The number of allylic oxidation sites excluding steroid dienone is 2. The molecular weight excluding hydrogens is 883 g/mol. The van der Waals surface area contributed by atoms with E-state index in [0.717, 1.165) is 122 Å². The molecule has 1 atom stereocenters. The third kappa shape index (κ3) is 13.1. The summed E-state index contributed by atoms with van der Waals surface area (Å²) in [4.78, 5) is 9.27. The number of phenols is 1. The molecule has 368 valence electrons. The number of benzene rings is 6. The first-order valence-corrected chi connectivity index (χ1v) is 25.0. The van der Waals surface area contributed by atoms with Gasteiger partial charge in [0.1, 0.15) is 5.75 Å². The molecule has 0 aliphatic carbocycles. The van der Waals surface area contributed by atoms with Crippen molar-refractivity contribution in [2.75, 3.05) is 87.3 Å². The minimum Gasteiger partial charge on any atom is -0.508 e. The van der Waals surface area contributed by atoms with Crippen LogP contribution in [0.2, 0.25) is 0 Å². The molecule has 71 heavy (non-hydrogen) atoms. The molecule has 2 saturated heterocycles. The van der Waals surface area contributed by atoms with E-state index < -0.39 is 0 Å². The van der Waals surface area contributed by atoms with Crippen molar-refractivity contribution in [3.63, 3.8) is 0 Å². The summed E-state index contributed by atoms with van der Waals surface area (Å²) >= 11 is 0. The van der Waals surface area contributed by atoms with Crippen LogP contribution in [0.1, 0.15) is 66.0 Å². The molecule has 12 nitrogen and oxygen atoms in total. The Balaban J connectivity index is 0.905. The van der Waals surface area contributed by atoms with Crippen molar-refractivity contribution in [2.45, 2.75) is 38.6 Å². The third-order valence-electron chi connectivity index (χ3n) is 13.7. The van der Waals surface area contributed by atoms with Crippen molar-refractivity contribution in [3.05, 3.63) is 191 Å². The molecule has 6 aromatic carbocycles. The van der Waals surface area contributed by atoms with Crippen LogP contribution in [0.4, 0.5) is 17.1 Å². The quantitative estimate of drug-likeness (QED) is 0.0179. The number of piperazine rings is 2. The molecule has 2 aliphatic rings. The van der Waals surface area contributed by atoms with Crippen molar-refractivity contribution in [2.24, 2.45) is 11.5 Å². The van der Waals surface area contributed by atoms with Crippen molar-refractivity contribution < 1.29 is 14.9 Å². The van der Waals surface area contributed by atoms with Gasteiger partial charge in [0, 0.05) is 88.7 Å². The zero-order chi connectivity index (χ0) is 49.5. The van der Waals surface area contributed by atoms with E-state index in [1.807, 2.05) is 35.2 Å². The van der Waals surface area contributed by atoms with Crippen molar-refractivity contribution in [1.82, 2.24) is 9.80 Å². The van der Waals surface area contributed by atoms with Gasteiger partial charge in [0.25, 0.3) is 0 Å². The second-order valence-electron chi connectivity index (χ2n) is 18.4. The molecule has 2 heterocycles. The maximum absolute atomic E-state index is 10.3. The molecule has 2 fully saturated rings. The number of nitrogens with zero attached hydrogens (tertiary/aromatic N) is 4. The number of hydrogen-bond acceptors (Lipinski definition) is 8. The number of hydrogen-bond donors (Lipinski definition) is 7. The fraction of sp³-hybridized carbons (Fsp3) is 0.288. The lowest BCUT2D eigenvalue weighted by Crippen LogP contribution is -2.50. The second-order valence-corrected chi connectivity index (χ2v) is 18.4. The van der Waals surface area contributed by atoms with Crippen molar-refractivity contribution in [1.29, 1.82) is 10.8 Å². The normalized spacial score (nSPS) is 15.4.